The molecule has 1 aromatic rings. The van der Waals surface area contributed by atoms with Crippen LogP contribution in [0.25, 0.3) is 6.08 Å². The minimum absolute atomic E-state index is 0.124. The Kier molecular flexibility index (Phi) is 5.11. The number of likely N-dealkylation sites (tertiary alicyclic amines) is 1. The number of carbonyl (C=O) groups excluding carboxylic acids is 1. The number of rotatable bonds is 4. The summed E-state index contributed by atoms with van der Waals surface area (Å²) in [4.78, 5) is 18.4. The van der Waals surface area contributed by atoms with Gasteiger partial charge in [0.1, 0.15) is 6.07 Å². The van der Waals surface area contributed by atoms with Gasteiger partial charge in [-0.15, -0.1) is 0 Å². The van der Waals surface area contributed by atoms with E-state index in [2.05, 4.69) is 18.0 Å². The van der Waals surface area contributed by atoms with Gasteiger partial charge in [-0.25, -0.2) is 0 Å². The third-order valence-corrected chi connectivity index (χ3v) is 3.48. The normalized spacial score (nSPS) is 16.0. The molecule has 4 heteroatoms. The van der Waals surface area contributed by atoms with Gasteiger partial charge >= 0.3 is 0 Å². The summed E-state index contributed by atoms with van der Waals surface area (Å²) in [6.07, 6.45) is 3.31. The molecule has 1 aliphatic heterocycles. The number of hydrogen-bond acceptors (Lipinski definition) is 3. The van der Waals surface area contributed by atoms with Gasteiger partial charge in [-0.05, 0) is 26.3 Å². The predicted molar refractivity (Wildman–Crippen MR) is 89.1 cm³/mol. The van der Waals surface area contributed by atoms with Crippen molar-refractivity contribution in [2.24, 2.45) is 4.99 Å². The van der Waals surface area contributed by atoms with Crippen molar-refractivity contribution >= 4 is 23.4 Å². The average Bonchev–Trinajstić information content (AvgIpc) is 2.81. The number of carbonyl (C=O) groups is 1. The number of aliphatic imine (C=N–C) groups is 1. The molecule has 0 spiro atoms. The highest BCUT2D eigenvalue weighted by Gasteiger charge is 2.25. The molecule has 0 aromatic heterocycles. The summed E-state index contributed by atoms with van der Waals surface area (Å²) in [6.45, 7) is 7.41. The molecule has 0 saturated carbocycles. The standard InChI is InChI=1S/C18H21N3O/c1-4-8-21-12-16(10-17(21)22)20-18-14(9-13(2)3)6-5-7-15(18)11-19/h5-7,9H,4,8,10,12H2,1-3H3. The molecule has 22 heavy (non-hydrogen) atoms. The lowest BCUT2D eigenvalue weighted by Crippen LogP contribution is -2.25. The lowest BCUT2D eigenvalue weighted by Gasteiger charge is -2.12. The Morgan fingerprint density at radius 1 is 1.45 bits per heavy atom. The maximum absolute atomic E-state index is 12.0. The van der Waals surface area contributed by atoms with Gasteiger partial charge < -0.3 is 4.90 Å². The van der Waals surface area contributed by atoms with E-state index in [4.69, 9.17) is 0 Å². The van der Waals surface area contributed by atoms with Gasteiger partial charge in [0.15, 0.2) is 0 Å². The Hall–Kier alpha value is -2.41. The third-order valence-electron chi connectivity index (χ3n) is 3.48. The van der Waals surface area contributed by atoms with Gasteiger partial charge in [0.2, 0.25) is 5.91 Å². The van der Waals surface area contributed by atoms with Crippen molar-refractivity contribution in [2.75, 3.05) is 13.1 Å². The fraction of sp³-hybridized carbons (Fsp3) is 0.389. The van der Waals surface area contributed by atoms with Crippen LogP contribution in [0.4, 0.5) is 5.69 Å². The summed E-state index contributed by atoms with van der Waals surface area (Å²) >= 11 is 0. The summed E-state index contributed by atoms with van der Waals surface area (Å²) < 4.78 is 0. The van der Waals surface area contributed by atoms with Crippen LogP contribution in [0.15, 0.2) is 28.8 Å². The molecule has 4 nitrogen and oxygen atoms in total. The van der Waals surface area contributed by atoms with E-state index in [0.717, 1.165) is 29.8 Å². The van der Waals surface area contributed by atoms with Crippen LogP contribution in [-0.2, 0) is 4.79 Å². The van der Waals surface area contributed by atoms with Crippen LogP contribution < -0.4 is 0 Å². The number of benzene rings is 1. The summed E-state index contributed by atoms with van der Waals surface area (Å²) in [5, 5.41) is 9.32. The molecule has 1 amide bonds. The first-order valence-electron chi connectivity index (χ1n) is 7.57. The monoisotopic (exact) mass is 295 g/mol. The molecule has 0 unspecified atom stereocenters. The second-order valence-electron chi connectivity index (χ2n) is 5.75. The van der Waals surface area contributed by atoms with Gasteiger partial charge in [0.05, 0.1) is 24.2 Å². The third kappa shape index (κ3) is 3.62. The van der Waals surface area contributed by atoms with E-state index in [1.54, 1.807) is 6.07 Å². The summed E-state index contributed by atoms with van der Waals surface area (Å²) in [5.74, 6) is 0.124. The Labute approximate surface area is 131 Å². The molecule has 0 aliphatic carbocycles. The van der Waals surface area contributed by atoms with Crippen molar-refractivity contribution in [1.29, 1.82) is 5.26 Å². The molecule has 0 N–H and O–H groups in total. The van der Waals surface area contributed by atoms with E-state index in [9.17, 15) is 10.1 Å². The van der Waals surface area contributed by atoms with Gasteiger partial charge in [-0.2, -0.15) is 5.26 Å². The number of nitrogens with zero attached hydrogens (tertiary/aromatic N) is 3. The van der Waals surface area contributed by atoms with Crippen molar-refractivity contribution in [3.05, 3.63) is 34.9 Å². The summed E-state index contributed by atoms with van der Waals surface area (Å²) in [5.41, 5.74) is 4.13. The molecule has 1 saturated heterocycles. The number of nitriles is 1. The second-order valence-corrected chi connectivity index (χ2v) is 5.75. The lowest BCUT2D eigenvalue weighted by molar-refractivity contribution is -0.127. The lowest BCUT2D eigenvalue weighted by atomic mass is 10.1. The topological polar surface area (TPSA) is 56.5 Å². The van der Waals surface area contributed by atoms with Crippen LogP contribution in [-0.4, -0.2) is 29.6 Å². The van der Waals surface area contributed by atoms with Gasteiger partial charge in [-0.1, -0.05) is 30.7 Å². The first kappa shape index (κ1) is 16.0. The van der Waals surface area contributed by atoms with Crippen LogP contribution in [0.1, 0.15) is 44.7 Å². The fourth-order valence-electron chi connectivity index (χ4n) is 2.56. The molecular weight excluding hydrogens is 274 g/mol. The van der Waals surface area contributed by atoms with Crippen molar-refractivity contribution in [2.45, 2.75) is 33.6 Å². The highest BCUT2D eigenvalue weighted by molar-refractivity contribution is 6.09. The highest BCUT2D eigenvalue weighted by Crippen LogP contribution is 2.28. The zero-order chi connectivity index (χ0) is 16.1. The van der Waals surface area contributed by atoms with E-state index in [-0.39, 0.29) is 5.91 Å². The smallest absolute Gasteiger partial charge is 0.228 e. The van der Waals surface area contributed by atoms with E-state index in [1.807, 2.05) is 37.0 Å². The zero-order valence-corrected chi connectivity index (χ0v) is 13.4. The maximum atomic E-state index is 12.0. The molecule has 2 rings (SSSR count). The highest BCUT2D eigenvalue weighted by atomic mass is 16.2. The summed E-state index contributed by atoms with van der Waals surface area (Å²) in [7, 11) is 0. The number of allylic oxidation sites excluding steroid dienone is 1. The van der Waals surface area contributed by atoms with E-state index in [0.29, 0.717) is 24.2 Å². The molecule has 1 aliphatic rings. The van der Waals surface area contributed by atoms with Crippen LogP contribution >= 0.6 is 0 Å². The Morgan fingerprint density at radius 3 is 2.86 bits per heavy atom. The second kappa shape index (κ2) is 7.04. The van der Waals surface area contributed by atoms with Crippen LogP contribution in [0.3, 0.4) is 0 Å². The Bertz CT molecular complexity index is 676. The first-order valence-corrected chi connectivity index (χ1v) is 7.57. The first-order chi connectivity index (χ1) is 10.5. The predicted octanol–water partition coefficient (Wildman–Crippen LogP) is 3.70. The van der Waals surface area contributed by atoms with Gasteiger partial charge in [-0.3, -0.25) is 9.79 Å². The largest absolute Gasteiger partial charge is 0.337 e. The van der Waals surface area contributed by atoms with Crippen molar-refractivity contribution in [1.82, 2.24) is 4.90 Å². The minimum Gasteiger partial charge on any atom is -0.337 e. The maximum Gasteiger partial charge on any atom is 0.228 e. The van der Waals surface area contributed by atoms with Gasteiger partial charge in [0.25, 0.3) is 0 Å². The SMILES string of the molecule is CCCN1CC(=Nc2c(C#N)cccc2C=C(C)C)CC1=O. The molecule has 1 heterocycles. The molecule has 1 fully saturated rings. The molecule has 0 atom stereocenters. The van der Waals surface area contributed by atoms with Crippen LogP contribution in [0.5, 0.6) is 0 Å². The Balaban J connectivity index is 2.41. The zero-order valence-electron chi connectivity index (χ0n) is 13.4. The molecular formula is C18H21N3O. The molecule has 114 valence electrons. The molecule has 1 aromatic carbocycles. The van der Waals surface area contributed by atoms with Crippen LogP contribution in [0, 0.1) is 11.3 Å². The number of amides is 1. The molecule has 0 radical (unpaired) electrons. The van der Waals surface area contributed by atoms with E-state index in [1.165, 1.54) is 0 Å². The van der Waals surface area contributed by atoms with Gasteiger partial charge in [0, 0.05) is 17.8 Å². The Morgan fingerprint density at radius 2 is 2.23 bits per heavy atom. The number of para-hydroxylation sites is 1. The minimum atomic E-state index is 0.124. The van der Waals surface area contributed by atoms with Crippen molar-refractivity contribution in [3.63, 3.8) is 0 Å². The molecule has 0 bridgehead atoms. The van der Waals surface area contributed by atoms with Crippen LogP contribution in [0.2, 0.25) is 0 Å². The fourth-order valence-corrected chi connectivity index (χ4v) is 2.56. The van der Waals surface area contributed by atoms with E-state index >= 15 is 0 Å². The van der Waals surface area contributed by atoms with Crippen molar-refractivity contribution < 1.29 is 4.79 Å². The quantitative estimate of drug-likeness (QED) is 0.850. The van der Waals surface area contributed by atoms with E-state index < -0.39 is 0 Å². The summed E-state index contributed by atoms with van der Waals surface area (Å²) in [6, 6.07) is 7.78. The average molecular weight is 295 g/mol. The van der Waals surface area contributed by atoms with Crippen molar-refractivity contribution in [3.8, 4) is 6.07 Å². The number of hydrogen-bond donors (Lipinski definition) is 0.